The molecule has 0 radical (unpaired) electrons. The minimum atomic E-state index is 0.0445. The first-order valence-electron chi connectivity index (χ1n) is 3.83. The number of ether oxygens (including phenoxy) is 1. The second-order valence-electron chi connectivity index (χ2n) is 2.93. The van der Waals surface area contributed by atoms with Crippen LogP contribution in [-0.4, -0.2) is 18.2 Å². The smallest absolute Gasteiger partial charge is 0.174 e. The highest BCUT2D eigenvalue weighted by Gasteiger charge is 2.22. The van der Waals surface area contributed by atoms with Crippen LogP contribution in [0.4, 0.5) is 0 Å². The summed E-state index contributed by atoms with van der Waals surface area (Å²) in [6.07, 6.45) is 3.91. The number of rotatable bonds is 0. The van der Waals surface area contributed by atoms with Crippen molar-refractivity contribution in [3.63, 3.8) is 0 Å². The molecule has 2 rings (SSSR count). The zero-order valence-corrected chi connectivity index (χ0v) is 6.50. The van der Waals surface area contributed by atoms with Gasteiger partial charge in [0.25, 0.3) is 0 Å². The summed E-state index contributed by atoms with van der Waals surface area (Å²) in [7, 11) is 0. The maximum absolute atomic E-state index is 10.9. The van der Waals surface area contributed by atoms with E-state index in [0.29, 0.717) is 18.6 Å². The molecule has 12 heavy (non-hydrogen) atoms. The number of carbonyl (C=O) groups is 2. The Morgan fingerprint density at radius 3 is 2.83 bits per heavy atom. The third-order valence-corrected chi connectivity index (χ3v) is 1.96. The van der Waals surface area contributed by atoms with E-state index in [4.69, 9.17) is 4.74 Å². The van der Waals surface area contributed by atoms with E-state index in [-0.39, 0.29) is 18.2 Å². The van der Waals surface area contributed by atoms with Gasteiger partial charge in [0.1, 0.15) is 12.4 Å². The van der Waals surface area contributed by atoms with Crippen LogP contribution in [0.25, 0.3) is 0 Å². The minimum Gasteiger partial charge on any atom is -0.489 e. The first-order valence-corrected chi connectivity index (χ1v) is 3.83. The molecular formula is C9H8O3. The monoisotopic (exact) mass is 164 g/mol. The Bertz CT molecular complexity index is 310. The van der Waals surface area contributed by atoms with E-state index >= 15 is 0 Å². The van der Waals surface area contributed by atoms with E-state index in [1.165, 1.54) is 6.08 Å². The van der Waals surface area contributed by atoms with Crippen molar-refractivity contribution in [2.45, 2.75) is 12.8 Å². The Morgan fingerprint density at radius 2 is 2.00 bits per heavy atom. The summed E-state index contributed by atoms with van der Waals surface area (Å²) in [6, 6.07) is 0. The van der Waals surface area contributed by atoms with Gasteiger partial charge < -0.3 is 4.74 Å². The summed E-state index contributed by atoms with van der Waals surface area (Å²) in [5.41, 5.74) is 0.867. The molecule has 0 saturated carbocycles. The molecule has 1 heterocycles. The Morgan fingerprint density at radius 1 is 1.17 bits per heavy atom. The first-order chi connectivity index (χ1) is 5.75. The molecule has 0 saturated heterocycles. The van der Waals surface area contributed by atoms with Gasteiger partial charge in [-0.2, -0.15) is 0 Å². The van der Waals surface area contributed by atoms with Crippen molar-refractivity contribution < 1.29 is 14.3 Å². The Labute approximate surface area is 69.7 Å². The summed E-state index contributed by atoms with van der Waals surface area (Å²) >= 11 is 0. The second-order valence-corrected chi connectivity index (χ2v) is 2.93. The van der Waals surface area contributed by atoms with Crippen LogP contribution in [0, 0.1) is 0 Å². The van der Waals surface area contributed by atoms with E-state index in [1.807, 2.05) is 0 Å². The number of hydrogen-bond acceptors (Lipinski definition) is 3. The Balaban J connectivity index is 2.28. The quantitative estimate of drug-likeness (QED) is 0.530. The molecule has 0 unspecified atom stereocenters. The van der Waals surface area contributed by atoms with Gasteiger partial charge in [0, 0.05) is 6.42 Å². The molecule has 0 aromatic heterocycles. The lowest BCUT2D eigenvalue weighted by atomic mass is 9.98. The molecule has 0 fully saturated rings. The molecule has 0 atom stereocenters. The van der Waals surface area contributed by atoms with Gasteiger partial charge in [-0.25, -0.2) is 0 Å². The summed E-state index contributed by atoms with van der Waals surface area (Å²) < 4.78 is 5.12. The Kier molecular flexibility index (Phi) is 1.57. The third-order valence-electron chi connectivity index (χ3n) is 1.96. The topological polar surface area (TPSA) is 43.4 Å². The van der Waals surface area contributed by atoms with E-state index < -0.39 is 0 Å². The van der Waals surface area contributed by atoms with Crippen molar-refractivity contribution in [2.75, 3.05) is 6.61 Å². The number of hydrogen-bond donors (Lipinski definition) is 0. The highest BCUT2D eigenvalue weighted by Crippen LogP contribution is 2.24. The number of allylic oxidation sites excluding steroid dienone is 4. The maximum Gasteiger partial charge on any atom is 0.174 e. The van der Waals surface area contributed by atoms with Crippen LogP contribution in [0.3, 0.4) is 0 Å². The molecule has 0 aromatic carbocycles. The molecule has 3 heteroatoms. The molecule has 3 nitrogen and oxygen atoms in total. The van der Waals surface area contributed by atoms with Crippen LogP contribution in [0.2, 0.25) is 0 Å². The fourth-order valence-electron chi connectivity index (χ4n) is 1.35. The number of Topliss-reactive ketones (excluding diaryl/α,β-unsaturated/α-hetero) is 1. The van der Waals surface area contributed by atoms with Gasteiger partial charge in [-0.05, 0) is 11.6 Å². The van der Waals surface area contributed by atoms with Gasteiger partial charge in [-0.15, -0.1) is 0 Å². The lowest BCUT2D eigenvalue weighted by Crippen LogP contribution is -2.19. The number of carbonyl (C=O) groups excluding carboxylic acids is 2. The van der Waals surface area contributed by atoms with Crippen LogP contribution in [-0.2, 0) is 14.3 Å². The van der Waals surface area contributed by atoms with Crippen molar-refractivity contribution in [3.05, 3.63) is 23.5 Å². The van der Waals surface area contributed by atoms with Crippen molar-refractivity contribution in [2.24, 2.45) is 0 Å². The maximum atomic E-state index is 10.9. The Hall–Kier alpha value is -1.38. The van der Waals surface area contributed by atoms with Crippen molar-refractivity contribution in [3.8, 4) is 0 Å². The summed E-state index contributed by atoms with van der Waals surface area (Å²) in [6.45, 7) is 0.125. The van der Waals surface area contributed by atoms with Crippen molar-refractivity contribution >= 4 is 11.6 Å². The largest absolute Gasteiger partial charge is 0.489 e. The standard InChI is InChI=1S/C9H8O3/c10-7-2-1-6-3-8(11)5-12-9(6)4-7/h1-2H,3-5H2. The molecule has 2 aliphatic rings. The summed E-state index contributed by atoms with van der Waals surface area (Å²) in [5, 5.41) is 0. The van der Waals surface area contributed by atoms with E-state index in [1.54, 1.807) is 6.08 Å². The van der Waals surface area contributed by atoms with Gasteiger partial charge in [-0.3, -0.25) is 9.59 Å². The zero-order chi connectivity index (χ0) is 8.55. The second kappa shape index (κ2) is 2.59. The van der Waals surface area contributed by atoms with Crippen LogP contribution in [0.15, 0.2) is 23.5 Å². The zero-order valence-electron chi connectivity index (χ0n) is 6.50. The lowest BCUT2D eigenvalue weighted by Gasteiger charge is -2.20. The van der Waals surface area contributed by atoms with Crippen LogP contribution < -0.4 is 0 Å². The van der Waals surface area contributed by atoms with Crippen LogP contribution in [0.1, 0.15) is 12.8 Å². The predicted octanol–water partition coefficient (Wildman–Crippen LogP) is 0.759. The van der Waals surface area contributed by atoms with E-state index in [0.717, 1.165) is 5.57 Å². The van der Waals surface area contributed by atoms with Gasteiger partial charge in [-0.1, -0.05) is 6.08 Å². The summed E-state index contributed by atoms with van der Waals surface area (Å²) in [5.74, 6) is 0.804. The van der Waals surface area contributed by atoms with E-state index in [2.05, 4.69) is 0 Å². The fourth-order valence-corrected chi connectivity index (χ4v) is 1.35. The highest BCUT2D eigenvalue weighted by atomic mass is 16.5. The molecule has 1 aliphatic heterocycles. The first kappa shape index (κ1) is 7.28. The third kappa shape index (κ3) is 1.18. The van der Waals surface area contributed by atoms with Crippen LogP contribution >= 0.6 is 0 Å². The molecule has 0 N–H and O–H groups in total. The van der Waals surface area contributed by atoms with E-state index in [9.17, 15) is 9.59 Å². The van der Waals surface area contributed by atoms with Gasteiger partial charge in [0.2, 0.25) is 0 Å². The summed E-state index contributed by atoms with van der Waals surface area (Å²) in [4.78, 5) is 21.8. The number of ketones is 2. The average Bonchev–Trinajstić information content (AvgIpc) is 2.05. The van der Waals surface area contributed by atoms with Gasteiger partial charge in [0.05, 0.1) is 6.42 Å². The SMILES string of the molecule is O=C1C=CC2=C(C1)OCC(=O)C2. The molecular weight excluding hydrogens is 156 g/mol. The average molecular weight is 164 g/mol. The van der Waals surface area contributed by atoms with Crippen LogP contribution in [0.5, 0.6) is 0 Å². The molecule has 1 aliphatic carbocycles. The van der Waals surface area contributed by atoms with Gasteiger partial charge in [0.15, 0.2) is 11.6 Å². The normalized spacial score (nSPS) is 22.3. The molecule has 0 aromatic rings. The van der Waals surface area contributed by atoms with Gasteiger partial charge >= 0.3 is 0 Å². The van der Waals surface area contributed by atoms with Crippen molar-refractivity contribution in [1.82, 2.24) is 0 Å². The fraction of sp³-hybridized carbons (Fsp3) is 0.333. The highest BCUT2D eigenvalue weighted by molar-refractivity contribution is 5.95. The minimum absolute atomic E-state index is 0.0445. The predicted molar refractivity (Wildman–Crippen MR) is 41.4 cm³/mol. The van der Waals surface area contributed by atoms with Crippen molar-refractivity contribution in [1.29, 1.82) is 0 Å². The molecule has 0 amide bonds. The molecule has 0 spiro atoms. The molecule has 62 valence electrons. The molecule has 0 bridgehead atoms. The lowest BCUT2D eigenvalue weighted by molar-refractivity contribution is -0.124.